The fourth-order valence-electron chi connectivity index (χ4n) is 1.73. The van der Waals surface area contributed by atoms with Gasteiger partial charge >= 0.3 is 0 Å². The zero-order valence-electron chi connectivity index (χ0n) is 10.0. The Morgan fingerprint density at radius 3 is 2.76 bits per heavy atom. The molecule has 1 aromatic rings. The first-order chi connectivity index (χ1) is 8.19. The Balaban J connectivity index is 2.61. The van der Waals surface area contributed by atoms with Crippen LogP contribution in [0.5, 0.6) is 0 Å². The summed E-state index contributed by atoms with van der Waals surface area (Å²) in [6, 6.07) is 5.32. The van der Waals surface area contributed by atoms with E-state index in [0.717, 1.165) is 37.8 Å². The van der Waals surface area contributed by atoms with Gasteiger partial charge in [-0.2, -0.15) is 0 Å². The molecule has 0 bridgehead atoms. The molecule has 1 N–H and O–H groups in total. The van der Waals surface area contributed by atoms with Gasteiger partial charge in [0.1, 0.15) is 0 Å². The van der Waals surface area contributed by atoms with Gasteiger partial charge in [0, 0.05) is 36.5 Å². The molecule has 0 spiro atoms. The Labute approximate surface area is 107 Å². The number of benzene rings is 1. The Bertz CT molecular complexity index is 368. The van der Waals surface area contributed by atoms with Gasteiger partial charge in [0.2, 0.25) is 0 Å². The summed E-state index contributed by atoms with van der Waals surface area (Å²) in [5.41, 5.74) is 1.51. The first-order valence-corrected chi connectivity index (χ1v) is 6.13. The molecule has 0 amide bonds. The minimum absolute atomic E-state index is 0.240. The molecular weight excluding hydrogens is 238 g/mol. The highest BCUT2D eigenvalue weighted by Gasteiger charge is 2.07. The van der Waals surface area contributed by atoms with Gasteiger partial charge in [-0.1, -0.05) is 11.6 Å². The molecule has 0 aromatic heterocycles. The molecule has 17 heavy (non-hydrogen) atoms. The van der Waals surface area contributed by atoms with Crippen LogP contribution < -0.4 is 4.90 Å². The largest absolute Gasteiger partial charge is 0.396 e. The predicted octanol–water partition coefficient (Wildman–Crippen LogP) is 2.75. The van der Waals surface area contributed by atoms with Crippen LogP contribution in [0.1, 0.15) is 29.6 Å². The Morgan fingerprint density at radius 2 is 2.12 bits per heavy atom. The summed E-state index contributed by atoms with van der Waals surface area (Å²) in [6.45, 7) is 1.10. The first kappa shape index (κ1) is 14.0. The van der Waals surface area contributed by atoms with Gasteiger partial charge in [0.25, 0.3) is 0 Å². The highest BCUT2D eigenvalue weighted by Crippen LogP contribution is 2.22. The highest BCUT2D eigenvalue weighted by molar-refractivity contribution is 6.31. The average molecular weight is 256 g/mol. The van der Waals surface area contributed by atoms with E-state index in [1.165, 1.54) is 0 Å². The second-order valence-corrected chi connectivity index (χ2v) is 4.46. The van der Waals surface area contributed by atoms with Crippen LogP contribution in [0.4, 0.5) is 5.69 Å². The van der Waals surface area contributed by atoms with Crippen molar-refractivity contribution < 1.29 is 9.90 Å². The third-order valence-corrected chi connectivity index (χ3v) is 2.91. The molecule has 0 saturated carbocycles. The minimum atomic E-state index is 0.240. The van der Waals surface area contributed by atoms with Crippen LogP contribution in [0, 0.1) is 0 Å². The van der Waals surface area contributed by atoms with Gasteiger partial charge in [0.15, 0.2) is 6.29 Å². The number of aliphatic hydroxyl groups excluding tert-OH is 1. The van der Waals surface area contributed by atoms with E-state index in [1.54, 1.807) is 12.1 Å². The Morgan fingerprint density at radius 1 is 1.35 bits per heavy atom. The van der Waals surface area contributed by atoms with Crippen molar-refractivity contribution in [2.45, 2.75) is 19.3 Å². The monoisotopic (exact) mass is 255 g/mol. The summed E-state index contributed by atoms with van der Waals surface area (Å²) >= 11 is 5.84. The van der Waals surface area contributed by atoms with E-state index in [1.807, 2.05) is 18.0 Å². The summed E-state index contributed by atoms with van der Waals surface area (Å²) in [7, 11) is 1.95. The van der Waals surface area contributed by atoms with Crippen molar-refractivity contribution in [2.75, 3.05) is 25.1 Å². The van der Waals surface area contributed by atoms with Crippen molar-refractivity contribution in [2.24, 2.45) is 0 Å². The Kier molecular flexibility index (Phi) is 6.01. The van der Waals surface area contributed by atoms with Crippen LogP contribution in [0.3, 0.4) is 0 Å². The summed E-state index contributed by atoms with van der Waals surface area (Å²) in [5, 5.41) is 9.26. The molecule has 94 valence electrons. The number of aliphatic hydroxyl groups is 1. The third kappa shape index (κ3) is 4.36. The zero-order chi connectivity index (χ0) is 12.7. The SMILES string of the molecule is CN(CCCCCO)c1ccc(Cl)cc1C=O. The number of unbranched alkanes of at least 4 members (excludes halogenated alkanes) is 2. The summed E-state index contributed by atoms with van der Waals surface area (Å²) < 4.78 is 0. The summed E-state index contributed by atoms with van der Waals surface area (Å²) in [5.74, 6) is 0. The molecule has 0 aliphatic heterocycles. The van der Waals surface area contributed by atoms with Crippen molar-refractivity contribution in [1.82, 2.24) is 0 Å². The van der Waals surface area contributed by atoms with Crippen LogP contribution in [0.25, 0.3) is 0 Å². The van der Waals surface area contributed by atoms with E-state index in [-0.39, 0.29) is 6.61 Å². The van der Waals surface area contributed by atoms with Crippen LogP contribution in [-0.4, -0.2) is 31.6 Å². The number of halogens is 1. The molecular formula is C13H18ClNO2. The van der Waals surface area contributed by atoms with Crippen molar-refractivity contribution in [3.63, 3.8) is 0 Å². The van der Waals surface area contributed by atoms with Gasteiger partial charge in [-0.05, 0) is 37.5 Å². The predicted molar refractivity (Wildman–Crippen MR) is 71.0 cm³/mol. The lowest BCUT2D eigenvalue weighted by Gasteiger charge is -2.21. The van der Waals surface area contributed by atoms with Crippen LogP contribution in [0.2, 0.25) is 5.02 Å². The van der Waals surface area contributed by atoms with Crippen molar-refractivity contribution in [3.05, 3.63) is 28.8 Å². The molecule has 0 unspecified atom stereocenters. The molecule has 1 aromatic carbocycles. The van der Waals surface area contributed by atoms with Gasteiger partial charge in [-0.25, -0.2) is 0 Å². The molecule has 0 atom stereocenters. The van der Waals surface area contributed by atoms with Crippen molar-refractivity contribution in [3.8, 4) is 0 Å². The number of aldehydes is 1. The number of anilines is 1. The quantitative estimate of drug-likeness (QED) is 0.602. The molecule has 0 radical (unpaired) electrons. The van der Waals surface area contributed by atoms with Gasteiger partial charge in [-0.3, -0.25) is 4.79 Å². The van der Waals surface area contributed by atoms with Crippen molar-refractivity contribution in [1.29, 1.82) is 0 Å². The molecule has 4 heteroatoms. The van der Waals surface area contributed by atoms with E-state index in [9.17, 15) is 4.79 Å². The van der Waals surface area contributed by atoms with Crippen molar-refractivity contribution >= 4 is 23.6 Å². The second kappa shape index (κ2) is 7.30. The topological polar surface area (TPSA) is 40.5 Å². The highest BCUT2D eigenvalue weighted by atomic mass is 35.5. The number of carbonyl (C=O) groups is 1. The fraction of sp³-hybridized carbons (Fsp3) is 0.462. The summed E-state index contributed by atoms with van der Waals surface area (Å²) in [4.78, 5) is 13.0. The van der Waals surface area contributed by atoms with Crippen LogP contribution >= 0.6 is 11.6 Å². The minimum Gasteiger partial charge on any atom is -0.396 e. The maximum Gasteiger partial charge on any atom is 0.152 e. The summed E-state index contributed by atoms with van der Waals surface area (Å²) in [6.07, 6.45) is 3.64. The lowest BCUT2D eigenvalue weighted by Crippen LogP contribution is -2.19. The number of rotatable bonds is 7. The van der Waals surface area contributed by atoms with E-state index in [4.69, 9.17) is 16.7 Å². The maximum atomic E-state index is 10.9. The molecule has 3 nitrogen and oxygen atoms in total. The first-order valence-electron chi connectivity index (χ1n) is 5.75. The lowest BCUT2D eigenvalue weighted by molar-refractivity contribution is 0.112. The molecule has 0 aliphatic carbocycles. The van der Waals surface area contributed by atoms with E-state index in [0.29, 0.717) is 10.6 Å². The normalized spacial score (nSPS) is 10.3. The molecule has 0 saturated heterocycles. The second-order valence-electron chi connectivity index (χ2n) is 4.03. The molecule has 0 aliphatic rings. The number of carbonyl (C=O) groups excluding carboxylic acids is 1. The number of nitrogens with zero attached hydrogens (tertiary/aromatic N) is 1. The fourth-order valence-corrected chi connectivity index (χ4v) is 1.91. The molecule has 0 heterocycles. The molecule has 0 fully saturated rings. The van der Waals surface area contributed by atoms with E-state index >= 15 is 0 Å². The third-order valence-electron chi connectivity index (χ3n) is 2.68. The van der Waals surface area contributed by atoms with Crippen LogP contribution in [-0.2, 0) is 0 Å². The standard InChI is InChI=1S/C13H18ClNO2/c1-15(7-3-2-4-8-16)13-6-5-12(14)9-11(13)10-17/h5-6,9-10,16H,2-4,7-8H2,1H3. The Hall–Kier alpha value is -1.06. The molecule has 1 rings (SSSR count). The van der Waals surface area contributed by atoms with Gasteiger partial charge in [-0.15, -0.1) is 0 Å². The number of hydrogen-bond acceptors (Lipinski definition) is 3. The zero-order valence-corrected chi connectivity index (χ0v) is 10.8. The lowest BCUT2D eigenvalue weighted by atomic mass is 10.1. The van der Waals surface area contributed by atoms with E-state index < -0.39 is 0 Å². The smallest absolute Gasteiger partial charge is 0.152 e. The van der Waals surface area contributed by atoms with Crippen LogP contribution in [0.15, 0.2) is 18.2 Å². The van der Waals surface area contributed by atoms with Gasteiger partial charge < -0.3 is 10.0 Å². The van der Waals surface area contributed by atoms with E-state index in [2.05, 4.69) is 0 Å². The number of hydrogen-bond donors (Lipinski definition) is 1. The maximum absolute atomic E-state index is 10.9. The average Bonchev–Trinajstić information content (AvgIpc) is 2.34. The van der Waals surface area contributed by atoms with Gasteiger partial charge in [0.05, 0.1) is 0 Å².